The fourth-order valence-electron chi connectivity index (χ4n) is 1.18. The van der Waals surface area contributed by atoms with Crippen LogP contribution in [0.5, 0.6) is 0 Å². The summed E-state index contributed by atoms with van der Waals surface area (Å²) in [4.78, 5) is 21.7. The predicted octanol–water partition coefficient (Wildman–Crippen LogP) is 0.756. The lowest BCUT2D eigenvalue weighted by molar-refractivity contribution is -0.387. The maximum Gasteiger partial charge on any atom is 0.424 e. The van der Waals surface area contributed by atoms with E-state index in [1.807, 2.05) is 0 Å². The molecule has 0 atom stereocenters. The summed E-state index contributed by atoms with van der Waals surface area (Å²) >= 11 is 0. The average Bonchev–Trinajstić information content (AvgIpc) is 2.14. The van der Waals surface area contributed by atoms with Crippen LogP contribution >= 0.6 is 0 Å². The number of H-pyrrole nitrogens is 1. The van der Waals surface area contributed by atoms with Crippen molar-refractivity contribution in [3.8, 4) is 6.07 Å². The van der Waals surface area contributed by atoms with E-state index >= 15 is 0 Å². The van der Waals surface area contributed by atoms with Crippen molar-refractivity contribution in [2.24, 2.45) is 0 Å². The van der Waals surface area contributed by atoms with Crippen LogP contribution in [0.25, 0.3) is 0 Å². The second kappa shape index (κ2) is 3.78. The molecule has 0 unspecified atom stereocenters. The number of hydrogen-bond acceptors (Lipinski definition) is 5. The van der Waals surface area contributed by atoms with Crippen LogP contribution in [0, 0.1) is 21.4 Å². The van der Waals surface area contributed by atoms with Gasteiger partial charge in [-0.1, -0.05) is 0 Å². The van der Waals surface area contributed by atoms with Crippen molar-refractivity contribution >= 4 is 11.5 Å². The number of nitrogen functional groups attached to an aromatic ring is 1. The van der Waals surface area contributed by atoms with Crippen LogP contribution < -0.4 is 11.3 Å². The van der Waals surface area contributed by atoms with Gasteiger partial charge < -0.3 is 10.7 Å². The molecule has 0 aliphatic carbocycles. The first-order valence-electron chi connectivity index (χ1n) is 3.87. The molecule has 0 saturated carbocycles. The third kappa shape index (κ3) is 2.03. The highest BCUT2D eigenvalue weighted by molar-refractivity contribution is 5.63. The number of nitriles is 1. The quantitative estimate of drug-likeness (QED) is 0.560. The molecule has 0 amide bonds. The highest BCUT2D eigenvalue weighted by atomic mass is 19.4. The molecule has 0 radical (unpaired) electrons. The lowest BCUT2D eigenvalue weighted by atomic mass is 10.1. The normalized spacial score (nSPS) is 10.9. The largest absolute Gasteiger partial charge is 0.424 e. The molecule has 0 saturated heterocycles. The minimum absolute atomic E-state index is 0.969. The number of rotatable bonds is 1. The Balaban J connectivity index is 3.92. The number of nitro groups is 1. The fraction of sp³-hybridized carbons (Fsp3) is 0.143. The number of nitrogens with one attached hydrogen (secondary N) is 1. The van der Waals surface area contributed by atoms with Crippen LogP contribution in [0.3, 0.4) is 0 Å². The summed E-state index contributed by atoms with van der Waals surface area (Å²) in [5.41, 5.74) is -1.35. The summed E-state index contributed by atoms with van der Waals surface area (Å²) in [7, 11) is 0. The molecule has 0 bridgehead atoms. The molecule has 90 valence electrons. The summed E-state index contributed by atoms with van der Waals surface area (Å²) in [6, 6.07) is 0.969. The van der Waals surface area contributed by atoms with Gasteiger partial charge in [-0.25, -0.2) is 0 Å². The number of pyridine rings is 1. The topological polar surface area (TPSA) is 126 Å². The molecular formula is C7H3F3N4O3. The molecule has 1 heterocycles. The highest BCUT2D eigenvalue weighted by Crippen LogP contribution is 2.39. The van der Waals surface area contributed by atoms with Gasteiger partial charge in [0.2, 0.25) is 0 Å². The molecule has 17 heavy (non-hydrogen) atoms. The van der Waals surface area contributed by atoms with E-state index in [4.69, 9.17) is 11.0 Å². The van der Waals surface area contributed by atoms with Crippen molar-refractivity contribution < 1.29 is 18.1 Å². The molecule has 0 aliphatic rings. The number of halogens is 3. The fourth-order valence-corrected chi connectivity index (χ4v) is 1.18. The second-order valence-corrected chi connectivity index (χ2v) is 2.83. The Morgan fingerprint density at radius 2 is 2.00 bits per heavy atom. The van der Waals surface area contributed by atoms with E-state index in [0.29, 0.717) is 0 Å². The molecule has 0 aromatic carbocycles. The van der Waals surface area contributed by atoms with Crippen LogP contribution in [0.2, 0.25) is 0 Å². The van der Waals surface area contributed by atoms with Crippen LogP contribution in [0.1, 0.15) is 11.1 Å². The van der Waals surface area contributed by atoms with Crippen LogP contribution in [0.4, 0.5) is 24.7 Å². The lowest BCUT2D eigenvalue weighted by Gasteiger charge is -2.09. The molecule has 0 aliphatic heterocycles. The smallest absolute Gasteiger partial charge is 0.379 e. The maximum absolute atomic E-state index is 12.6. The van der Waals surface area contributed by atoms with Crippen molar-refractivity contribution in [3.05, 3.63) is 31.6 Å². The van der Waals surface area contributed by atoms with Gasteiger partial charge >= 0.3 is 11.9 Å². The number of anilines is 1. The number of nitrogens with two attached hydrogens (primary N) is 1. The van der Waals surface area contributed by atoms with Gasteiger partial charge in [0.25, 0.3) is 5.56 Å². The zero-order chi connectivity index (χ0) is 13.4. The number of aromatic nitrogens is 1. The molecule has 1 rings (SSSR count). The first-order chi connectivity index (χ1) is 7.70. The molecule has 1 aromatic rings. The highest BCUT2D eigenvalue weighted by Gasteiger charge is 2.44. The summed E-state index contributed by atoms with van der Waals surface area (Å²) in [6.07, 6.45) is -5.23. The molecular weight excluding hydrogens is 245 g/mol. The zero-order valence-corrected chi connectivity index (χ0v) is 7.83. The lowest BCUT2D eigenvalue weighted by Crippen LogP contribution is -2.23. The van der Waals surface area contributed by atoms with E-state index in [2.05, 4.69) is 0 Å². The van der Waals surface area contributed by atoms with Crippen LogP contribution in [-0.2, 0) is 6.18 Å². The van der Waals surface area contributed by atoms with Gasteiger partial charge in [-0.15, -0.1) is 0 Å². The van der Waals surface area contributed by atoms with E-state index in [0.717, 1.165) is 6.07 Å². The third-order valence-electron chi connectivity index (χ3n) is 1.80. The third-order valence-corrected chi connectivity index (χ3v) is 1.80. The Labute approximate surface area is 90.4 Å². The molecule has 3 N–H and O–H groups in total. The average molecular weight is 248 g/mol. The Morgan fingerprint density at radius 3 is 2.35 bits per heavy atom. The first kappa shape index (κ1) is 12.5. The van der Waals surface area contributed by atoms with Crippen LogP contribution in [0.15, 0.2) is 4.79 Å². The van der Waals surface area contributed by atoms with E-state index in [1.165, 1.54) is 0 Å². The van der Waals surface area contributed by atoms with E-state index in [-0.39, 0.29) is 0 Å². The molecule has 0 fully saturated rings. The van der Waals surface area contributed by atoms with Crippen molar-refractivity contribution in [2.75, 3.05) is 5.73 Å². The Morgan fingerprint density at radius 1 is 1.47 bits per heavy atom. The van der Waals surface area contributed by atoms with Gasteiger partial charge in [0.15, 0.2) is 11.4 Å². The van der Waals surface area contributed by atoms with Gasteiger partial charge in [0.05, 0.1) is 4.92 Å². The minimum atomic E-state index is -5.23. The summed E-state index contributed by atoms with van der Waals surface area (Å²) < 4.78 is 37.7. The maximum atomic E-state index is 12.6. The van der Waals surface area contributed by atoms with Gasteiger partial charge in [0.1, 0.15) is 11.6 Å². The number of hydrogen-bond donors (Lipinski definition) is 2. The number of aromatic amines is 1. The minimum Gasteiger partial charge on any atom is -0.379 e. The second-order valence-electron chi connectivity index (χ2n) is 2.83. The summed E-state index contributed by atoms with van der Waals surface area (Å²) in [6.45, 7) is 0. The zero-order valence-electron chi connectivity index (χ0n) is 7.83. The SMILES string of the molecule is N#Cc1c(C(F)(F)F)c([N+](=O)[O-])c(N)[nH]c1=O. The Hall–Kier alpha value is -2.57. The number of nitrogens with zero attached hydrogens (tertiary/aromatic N) is 2. The van der Waals surface area contributed by atoms with Gasteiger partial charge in [0, 0.05) is 0 Å². The molecule has 10 heteroatoms. The van der Waals surface area contributed by atoms with E-state index in [9.17, 15) is 28.1 Å². The van der Waals surface area contributed by atoms with Gasteiger partial charge in [-0.05, 0) is 0 Å². The summed E-state index contributed by atoms with van der Waals surface area (Å²) in [5, 5.41) is 18.9. The van der Waals surface area contributed by atoms with E-state index in [1.54, 1.807) is 4.98 Å². The summed E-state index contributed by atoms with van der Waals surface area (Å²) in [5.74, 6) is -1.05. The van der Waals surface area contributed by atoms with Crippen molar-refractivity contribution in [1.29, 1.82) is 5.26 Å². The first-order valence-corrected chi connectivity index (χ1v) is 3.87. The van der Waals surface area contributed by atoms with Crippen molar-refractivity contribution in [2.45, 2.75) is 6.18 Å². The standard InChI is InChI=1S/C7H3F3N4O3/c8-7(9,10)3-2(1-11)6(15)13-5(12)4(3)14(16)17/h(H3,12,13,15). The number of alkyl halides is 3. The van der Waals surface area contributed by atoms with Crippen molar-refractivity contribution in [1.82, 2.24) is 4.98 Å². The molecule has 1 aromatic heterocycles. The molecule has 0 spiro atoms. The monoisotopic (exact) mass is 248 g/mol. The van der Waals surface area contributed by atoms with Gasteiger partial charge in [-0.3, -0.25) is 14.9 Å². The van der Waals surface area contributed by atoms with Gasteiger partial charge in [-0.2, -0.15) is 18.4 Å². The van der Waals surface area contributed by atoms with Crippen LogP contribution in [-0.4, -0.2) is 9.91 Å². The van der Waals surface area contributed by atoms with Crippen molar-refractivity contribution in [3.63, 3.8) is 0 Å². The Kier molecular flexibility index (Phi) is 2.78. The molecule has 7 nitrogen and oxygen atoms in total. The Bertz CT molecular complexity index is 584. The predicted molar refractivity (Wildman–Crippen MR) is 47.8 cm³/mol. The van der Waals surface area contributed by atoms with E-state index < -0.39 is 39.3 Å².